The molecule has 0 amide bonds. The molecule has 1 aromatic carbocycles. The van der Waals surface area contributed by atoms with Crippen molar-refractivity contribution in [2.45, 2.75) is 32.7 Å². The van der Waals surface area contributed by atoms with Gasteiger partial charge in [-0.25, -0.2) is 0 Å². The number of thiocarbonyl (C=S) groups is 1. The van der Waals surface area contributed by atoms with Crippen molar-refractivity contribution in [2.24, 2.45) is 11.7 Å². The maximum Gasteiger partial charge on any atom is 0.106 e. The average molecular weight is 234 g/mol. The van der Waals surface area contributed by atoms with Gasteiger partial charge >= 0.3 is 0 Å². The van der Waals surface area contributed by atoms with Gasteiger partial charge < -0.3 is 11.1 Å². The highest BCUT2D eigenvalue weighted by molar-refractivity contribution is 7.80. The molecule has 3 heteroatoms. The largest absolute Gasteiger partial charge is 0.389 e. The van der Waals surface area contributed by atoms with Crippen molar-refractivity contribution >= 4 is 22.9 Å². The highest BCUT2D eigenvalue weighted by atomic mass is 32.1. The van der Waals surface area contributed by atoms with E-state index in [9.17, 15) is 0 Å². The standard InChI is InChI=1S/C13H18N2S/c1-8-3-4-12(11(7-8)13(14)16)15-10-5-9(2)6-10/h3-4,7,9-10,15H,5-6H2,1-2H3,(H2,14,16). The van der Waals surface area contributed by atoms with Crippen LogP contribution >= 0.6 is 12.2 Å². The zero-order chi connectivity index (χ0) is 11.7. The molecule has 0 unspecified atom stereocenters. The Kier molecular flexibility index (Phi) is 3.15. The minimum atomic E-state index is 0.471. The van der Waals surface area contributed by atoms with Crippen LogP contribution in [0.4, 0.5) is 5.69 Å². The van der Waals surface area contributed by atoms with Crippen LogP contribution in [-0.4, -0.2) is 11.0 Å². The number of aryl methyl sites for hydroxylation is 1. The fourth-order valence-corrected chi connectivity index (χ4v) is 2.40. The van der Waals surface area contributed by atoms with Crippen LogP contribution in [0.5, 0.6) is 0 Å². The van der Waals surface area contributed by atoms with E-state index in [4.69, 9.17) is 18.0 Å². The van der Waals surface area contributed by atoms with E-state index in [0.717, 1.165) is 17.2 Å². The summed E-state index contributed by atoms with van der Waals surface area (Å²) in [4.78, 5) is 0.471. The number of hydrogen-bond acceptors (Lipinski definition) is 2. The lowest BCUT2D eigenvalue weighted by molar-refractivity contribution is 0.309. The molecular formula is C13H18N2S. The van der Waals surface area contributed by atoms with Crippen LogP contribution in [0.25, 0.3) is 0 Å². The van der Waals surface area contributed by atoms with Crippen molar-refractivity contribution < 1.29 is 0 Å². The molecule has 16 heavy (non-hydrogen) atoms. The van der Waals surface area contributed by atoms with Gasteiger partial charge in [-0.1, -0.05) is 30.8 Å². The number of benzene rings is 1. The molecule has 2 rings (SSSR count). The summed E-state index contributed by atoms with van der Waals surface area (Å²) >= 11 is 5.08. The van der Waals surface area contributed by atoms with Crippen LogP contribution in [0.2, 0.25) is 0 Å². The molecule has 0 atom stereocenters. The van der Waals surface area contributed by atoms with Crippen LogP contribution in [-0.2, 0) is 0 Å². The van der Waals surface area contributed by atoms with Gasteiger partial charge in [-0.15, -0.1) is 0 Å². The second-order valence-corrected chi connectivity index (χ2v) is 5.27. The number of anilines is 1. The summed E-state index contributed by atoms with van der Waals surface area (Å²) in [5.74, 6) is 0.844. The zero-order valence-corrected chi connectivity index (χ0v) is 10.6. The predicted molar refractivity (Wildman–Crippen MR) is 72.9 cm³/mol. The van der Waals surface area contributed by atoms with E-state index in [2.05, 4.69) is 31.3 Å². The normalized spacial score (nSPS) is 23.6. The van der Waals surface area contributed by atoms with Crippen LogP contribution in [0.15, 0.2) is 18.2 Å². The van der Waals surface area contributed by atoms with Gasteiger partial charge in [-0.3, -0.25) is 0 Å². The molecule has 3 N–H and O–H groups in total. The van der Waals surface area contributed by atoms with Crippen molar-refractivity contribution in [2.75, 3.05) is 5.32 Å². The third kappa shape index (κ3) is 2.35. The Labute approximate surface area is 102 Å². The topological polar surface area (TPSA) is 38.0 Å². The van der Waals surface area contributed by atoms with Gasteiger partial charge in [-0.2, -0.15) is 0 Å². The third-order valence-electron chi connectivity index (χ3n) is 3.17. The molecule has 0 spiro atoms. The Balaban J connectivity index is 2.16. The first-order valence-electron chi connectivity index (χ1n) is 5.73. The van der Waals surface area contributed by atoms with Gasteiger partial charge in [0.15, 0.2) is 0 Å². The van der Waals surface area contributed by atoms with E-state index in [0.29, 0.717) is 11.0 Å². The van der Waals surface area contributed by atoms with Gasteiger partial charge in [0.1, 0.15) is 4.99 Å². The van der Waals surface area contributed by atoms with E-state index in [1.54, 1.807) is 0 Å². The van der Waals surface area contributed by atoms with Crippen molar-refractivity contribution in [3.05, 3.63) is 29.3 Å². The molecule has 1 aliphatic carbocycles. The average Bonchev–Trinajstić information content (AvgIpc) is 2.17. The molecule has 0 aliphatic heterocycles. The second-order valence-electron chi connectivity index (χ2n) is 4.83. The predicted octanol–water partition coefficient (Wildman–Crippen LogP) is 2.84. The van der Waals surface area contributed by atoms with Crippen LogP contribution in [0, 0.1) is 12.8 Å². The lowest BCUT2D eigenvalue weighted by Gasteiger charge is -2.34. The third-order valence-corrected chi connectivity index (χ3v) is 3.39. The summed E-state index contributed by atoms with van der Waals surface area (Å²) in [5, 5.41) is 3.52. The minimum absolute atomic E-state index is 0.471. The van der Waals surface area contributed by atoms with Crippen LogP contribution in [0.1, 0.15) is 30.9 Å². The SMILES string of the molecule is Cc1ccc(NC2CC(C)C2)c(C(N)=S)c1. The molecule has 0 aromatic heterocycles. The Bertz CT molecular complexity index is 408. The molecular weight excluding hydrogens is 216 g/mol. The first-order chi connectivity index (χ1) is 7.56. The smallest absolute Gasteiger partial charge is 0.106 e. The summed E-state index contributed by atoms with van der Waals surface area (Å²) in [6, 6.07) is 6.80. The zero-order valence-electron chi connectivity index (χ0n) is 9.79. The number of nitrogens with two attached hydrogens (primary N) is 1. The van der Waals surface area contributed by atoms with Gasteiger partial charge in [0.25, 0.3) is 0 Å². The molecule has 0 saturated heterocycles. The van der Waals surface area contributed by atoms with Crippen LogP contribution < -0.4 is 11.1 Å². The molecule has 1 aliphatic rings. The lowest BCUT2D eigenvalue weighted by Crippen LogP contribution is -2.34. The Morgan fingerprint density at radius 3 is 2.69 bits per heavy atom. The summed E-state index contributed by atoms with van der Waals surface area (Å²) in [6.07, 6.45) is 2.48. The van der Waals surface area contributed by atoms with E-state index in [-0.39, 0.29) is 0 Å². The van der Waals surface area contributed by atoms with E-state index in [1.807, 2.05) is 6.07 Å². The van der Waals surface area contributed by atoms with Gasteiger partial charge in [0.2, 0.25) is 0 Å². The quantitative estimate of drug-likeness (QED) is 0.790. The van der Waals surface area contributed by atoms with Gasteiger partial charge in [0.05, 0.1) is 0 Å². The van der Waals surface area contributed by atoms with Crippen molar-refractivity contribution in [1.29, 1.82) is 0 Å². The van der Waals surface area contributed by atoms with E-state index >= 15 is 0 Å². The van der Waals surface area contributed by atoms with E-state index in [1.165, 1.54) is 18.4 Å². The van der Waals surface area contributed by atoms with Gasteiger partial charge in [0, 0.05) is 17.3 Å². The summed E-state index contributed by atoms with van der Waals surface area (Å²) in [7, 11) is 0. The minimum Gasteiger partial charge on any atom is -0.389 e. The lowest BCUT2D eigenvalue weighted by atomic mass is 9.81. The highest BCUT2D eigenvalue weighted by Gasteiger charge is 2.25. The maximum absolute atomic E-state index is 5.74. The Morgan fingerprint density at radius 2 is 2.12 bits per heavy atom. The first kappa shape index (κ1) is 11.4. The number of nitrogens with one attached hydrogen (secondary N) is 1. The molecule has 1 saturated carbocycles. The summed E-state index contributed by atoms with van der Waals surface area (Å²) in [5.41, 5.74) is 8.97. The molecule has 0 bridgehead atoms. The number of hydrogen-bond donors (Lipinski definition) is 2. The van der Waals surface area contributed by atoms with Crippen molar-refractivity contribution in [3.8, 4) is 0 Å². The Morgan fingerprint density at radius 1 is 1.44 bits per heavy atom. The molecule has 1 fully saturated rings. The van der Waals surface area contributed by atoms with Gasteiger partial charge in [-0.05, 0) is 37.8 Å². The molecule has 0 radical (unpaired) electrons. The summed E-state index contributed by atoms with van der Waals surface area (Å²) in [6.45, 7) is 4.33. The van der Waals surface area contributed by atoms with Crippen molar-refractivity contribution in [3.63, 3.8) is 0 Å². The molecule has 2 nitrogen and oxygen atoms in total. The maximum atomic E-state index is 5.74. The van der Waals surface area contributed by atoms with Crippen molar-refractivity contribution in [1.82, 2.24) is 0 Å². The fraction of sp³-hybridized carbons (Fsp3) is 0.462. The summed E-state index contributed by atoms with van der Waals surface area (Å²) < 4.78 is 0. The molecule has 86 valence electrons. The second kappa shape index (κ2) is 4.42. The Hall–Kier alpha value is -1.09. The monoisotopic (exact) mass is 234 g/mol. The first-order valence-corrected chi connectivity index (χ1v) is 6.14. The number of rotatable bonds is 3. The fourth-order valence-electron chi connectivity index (χ4n) is 2.23. The van der Waals surface area contributed by atoms with Crippen LogP contribution in [0.3, 0.4) is 0 Å². The highest BCUT2D eigenvalue weighted by Crippen LogP contribution is 2.30. The molecule has 1 aromatic rings. The van der Waals surface area contributed by atoms with E-state index < -0.39 is 0 Å². The molecule has 0 heterocycles.